The number of rotatable bonds is 5. The molecular formula is C9H15NO2. The van der Waals surface area contributed by atoms with E-state index < -0.39 is 5.97 Å². The van der Waals surface area contributed by atoms with Crippen molar-refractivity contribution < 1.29 is 9.90 Å². The molecule has 2 aliphatic rings. The molecule has 2 rings (SSSR count). The van der Waals surface area contributed by atoms with Crippen LogP contribution >= 0.6 is 0 Å². The lowest BCUT2D eigenvalue weighted by Crippen LogP contribution is -2.36. The van der Waals surface area contributed by atoms with Gasteiger partial charge in [0, 0.05) is 6.04 Å². The molecule has 0 amide bonds. The molecule has 0 saturated heterocycles. The lowest BCUT2D eigenvalue weighted by Gasteiger charge is -2.15. The van der Waals surface area contributed by atoms with Crippen LogP contribution in [0.25, 0.3) is 0 Å². The zero-order valence-electron chi connectivity index (χ0n) is 7.12. The van der Waals surface area contributed by atoms with Gasteiger partial charge in [-0.1, -0.05) is 0 Å². The van der Waals surface area contributed by atoms with Crippen molar-refractivity contribution in [3.8, 4) is 0 Å². The monoisotopic (exact) mass is 169 g/mol. The molecule has 0 unspecified atom stereocenters. The highest BCUT2D eigenvalue weighted by Crippen LogP contribution is 2.44. The Labute approximate surface area is 72.2 Å². The summed E-state index contributed by atoms with van der Waals surface area (Å²) in [6.07, 6.45) is 5.20. The van der Waals surface area contributed by atoms with Gasteiger partial charge in [0.2, 0.25) is 0 Å². The van der Waals surface area contributed by atoms with Crippen molar-refractivity contribution in [3.63, 3.8) is 0 Å². The van der Waals surface area contributed by atoms with Gasteiger partial charge in [-0.05, 0) is 37.5 Å². The highest BCUT2D eigenvalue weighted by Gasteiger charge is 2.41. The first-order chi connectivity index (χ1) is 5.77. The molecule has 3 nitrogen and oxygen atoms in total. The first kappa shape index (κ1) is 8.05. The minimum Gasteiger partial charge on any atom is -0.480 e. The fraction of sp³-hybridized carbons (Fsp3) is 0.889. The summed E-state index contributed by atoms with van der Waals surface area (Å²) in [7, 11) is 0. The van der Waals surface area contributed by atoms with Crippen LogP contribution in [-0.2, 0) is 4.79 Å². The van der Waals surface area contributed by atoms with E-state index >= 15 is 0 Å². The number of carboxylic acids is 1. The van der Waals surface area contributed by atoms with Crippen molar-refractivity contribution in [2.24, 2.45) is 11.8 Å². The second-order valence-electron chi connectivity index (χ2n) is 3.98. The van der Waals surface area contributed by atoms with Crippen LogP contribution in [0.5, 0.6) is 0 Å². The van der Waals surface area contributed by atoms with Crippen molar-refractivity contribution in [3.05, 3.63) is 0 Å². The summed E-state index contributed by atoms with van der Waals surface area (Å²) in [6, 6.07) is 0.515. The summed E-state index contributed by atoms with van der Waals surface area (Å²) in [5.41, 5.74) is 0. The Kier molecular flexibility index (Phi) is 2.05. The SMILES string of the molecule is O=C(O)CNC(C1CC1)C1CC1. The molecule has 0 aliphatic heterocycles. The van der Waals surface area contributed by atoms with Gasteiger partial charge in [0.25, 0.3) is 0 Å². The summed E-state index contributed by atoms with van der Waals surface area (Å²) < 4.78 is 0. The Balaban J connectivity index is 1.76. The summed E-state index contributed by atoms with van der Waals surface area (Å²) in [5.74, 6) is 0.843. The number of hydrogen-bond acceptors (Lipinski definition) is 2. The molecule has 0 heterocycles. The predicted molar refractivity (Wildman–Crippen MR) is 44.9 cm³/mol. The van der Waals surface area contributed by atoms with Crippen LogP contribution in [0.2, 0.25) is 0 Å². The number of nitrogens with one attached hydrogen (secondary N) is 1. The topological polar surface area (TPSA) is 49.3 Å². The average molecular weight is 169 g/mol. The van der Waals surface area contributed by atoms with Crippen molar-refractivity contribution in [1.82, 2.24) is 5.32 Å². The summed E-state index contributed by atoms with van der Waals surface area (Å²) in [5, 5.41) is 11.6. The Bertz CT molecular complexity index is 173. The van der Waals surface area contributed by atoms with Crippen molar-refractivity contribution >= 4 is 5.97 Å². The lowest BCUT2D eigenvalue weighted by molar-refractivity contribution is -0.136. The van der Waals surface area contributed by atoms with Crippen LogP contribution in [0.1, 0.15) is 25.7 Å². The fourth-order valence-corrected chi connectivity index (χ4v) is 1.83. The van der Waals surface area contributed by atoms with Gasteiger partial charge in [-0.25, -0.2) is 0 Å². The third-order valence-corrected chi connectivity index (χ3v) is 2.75. The van der Waals surface area contributed by atoms with Crippen LogP contribution < -0.4 is 5.32 Å². The molecule has 0 radical (unpaired) electrons. The minimum absolute atomic E-state index is 0.137. The first-order valence-corrected chi connectivity index (χ1v) is 4.72. The predicted octanol–water partition coefficient (Wildman–Crippen LogP) is 0.849. The lowest BCUT2D eigenvalue weighted by atomic mass is 10.1. The average Bonchev–Trinajstić information content (AvgIpc) is 2.83. The van der Waals surface area contributed by atoms with Crippen LogP contribution in [0.3, 0.4) is 0 Å². The maximum atomic E-state index is 10.3. The van der Waals surface area contributed by atoms with Crippen molar-refractivity contribution in [1.29, 1.82) is 0 Å². The van der Waals surface area contributed by atoms with Crippen LogP contribution in [-0.4, -0.2) is 23.7 Å². The van der Waals surface area contributed by atoms with Crippen LogP contribution in [0.4, 0.5) is 0 Å². The highest BCUT2D eigenvalue weighted by molar-refractivity contribution is 5.69. The van der Waals surface area contributed by atoms with Gasteiger partial charge in [0.05, 0.1) is 6.54 Å². The molecule has 2 N–H and O–H groups in total. The van der Waals surface area contributed by atoms with E-state index in [-0.39, 0.29) is 6.54 Å². The first-order valence-electron chi connectivity index (χ1n) is 4.72. The second-order valence-corrected chi connectivity index (χ2v) is 3.98. The molecule has 3 heteroatoms. The van der Waals surface area contributed by atoms with Gasteiger partial charge in [-0.2, -0.15) is 0 Å². The van der Waals surface area contributed by atoms with Gasteiger partial charge >= 0.3 is 5.97 Å². The van der Waals surface area contributed by atoms with Gasteiger partial charge in [-0.3, -0.25) is 4.79 Å². The van der Waals surface area contributed by atoms with E-state index in [1.807, 2.05) is 0 Å². The minimum atomic E-state index is -0.735. The normalized spacial score (nSPS) is 23.1. The van der Waals surface area contributed by atoms with Crippen LogP contribution in [0.15, 0.2) is 0 Å². The van der Waals surface area contributed by atoms with E-state index in [4.69, 9.17) is 5.11 Å². The fourth-order valence-electron chi connectivity index (χ4n) is 1.83. The number of carbonyl (C=O) groups is 1. The third-order valence-electron chi connectivity index (χ3n) is 2.75. The molecule has 2 fully saturated rings. The van der Waals surface area contributed by atoms with E-state index in [9.17, 15) is 4.79 Å². The Morgan fingerprint density at radius 2 is 1.83 bits per heavy atom. The molecule has 0 atom stereocenters. The van der Waals surface area contributed by atoms with Crippen molar-refractivity contribution in [2.45, 2.75) is 31.7 Å². The number of carboxylic acid groups (broad SMARTS) is 1. The molecule has 0 aromatic rings. The van der Waals surface area contributed by atoms with E-state index in [1.165, 1.54) is 25.7 Å². The van der Waals surface area contributed by atoms with Gasteiger partial charge in [-0.15, -0.1) is 0 Å². The van der Waals surface area contributed by atoms with Crippen LogP contribution in [0, 0.1) is 11.8 Å². The van der Waals surface area contributed by atoms with E-state index in [0.717, 1.165) is 11.8 Å². The Hall–Kier alpha value is -0.570. The molecule has 68 valence electrons. The summed E-state index contributed by atoms with van der Waals surface area (Å²) in [4.78, 5) is 10.3. The molecule has 2 aliphatic carbocycles. The molecule has 0 spiro atoms. The summed E-state index contributed by atoms with van der Waals surface area (Å²) in [6.45, 7) is 0.137. The van der Waals surface area contributed by atoms with E-state index in [0.29, 0.717) is 6.04 Å². The molecule has 0 bridgehead atoms. The molecular weight excluding hydrogens is 154 g/mol. The second kappa shape index (κ2) is 3.05. The molecule has 0 aromatic heterocycles. The molecule has 0 aromatic carbocycles. The standard InChI is InChI=1S/C9H15NO2/c11-8(12)5-10-9(6-1-2-6)7-3-4-7/h6-7,9-10H,1-5H2,(H,11,12). The van der Waals surface area contributed by atoms with E-state index in [2.05, 4.69) is 5.32 Å². The Morgan fingerprint density at radius 1 is 1.33 bits per heavy atom. The third kappa shape index (κ3) is 1.97. The largest absolute Gasteiger partial charge is 0.480 e. The quantitative estimate of drug-likeness (QED) is 0.641. The van der Waals surface area contributed by atoms with E-state index in [1.54, 1.807) is 0 Å². The zero-order valence-corrected chi connectivity index (χ0v) is 7.12. The number of hydrogen-bond donors (Lipinski definition) is 2. The maximum absolute atomic E-state index is 10.3. The summed E-state index contributed by atoms with van der Waals surface area (Å²) >= 11 is 0. The van der Waals surface area contributed by atoms with Crippen molar-refractivity contribution in [2.75, 3.05) is 6.54 Å². The van der Waals surface area contributed by atoms with Gasteiger partial charge in [0.1, 0.15) is 0 Å². The smallest absolute Gasteiger partial charge is 0.317 e. The number of aliphatic carboxylic acids is 1. The van der Waals surface area contributed by atoms with Gasteiger partial charge in [0.15, 0.2) is 0 Å². The molecule has 12 heavy (non-hydrogen) atoms. The Morgan fingerprint density at radius 3 is 2.17 bits per heavy atom. The highest BCUT2D eigenvalue weighted by atomic mass is 16.4. The zero-order chi connectivity index (χ0) is 8.55. The maximum Gasteiger partial charge on any atom is 0.317 e. The molecule has 2 saturated carbocycles. The van der Waals surface area contributed by atoms with Gasteiger partial charge < -0.3 is 10.4 Å².